The molecule has 0 aliphatic rings. The quantitative estimate of drug-likeness (QED) is 0.521. The Morgan fingerprint density at radius 1 is 0.742 bits per heavy atom. The van der Waals surface area contributed by atoms with Crippen molar-refractivity contribution in [1.29, 1.82) is 0 Å². The molecular weight excluding hydrogens is 384 g/mol. The molecule has 0 radical (unpaired) electrons. The van der Waals surface area contributed by atoms with Gasteiger partial charge >= 0.3 is 0 Å². The predicted molar refractivity (Wildman–Crippen MR) is 125 cm³/mol. The van der Waals surface area contributed by atoms with Gasteiger partial charge in [-0.25, -0.2) is 0 Å². The van der Waals surface area contributed by atoms with E-state index in [0.29, 0.717) is 19.4 Å². The van der Waals surface area contributed by atoms with Crippen LogP contribution in [0.15, 0.2) is 91.0 Å². The summed E-state index contributed by atoms with van der Waals surface area (Å²) in [4.78, 5) is 26.1. The molecule has 3 aromatic rings. The topological polar surface area (TPSA) is 58.2 Å². The van der Waals surface area contributed by atoms with Gasteiger partial charge in [-0.3, -0.25) is 9.59 Å². The zero-order valence-corrected chi connectivity index (χ0v) is 18.0. The predicted octanol–water partition coefficient (Wildman–Crippen LogP) is 4.27. The second kappa shape index (κ2) is 11.7. The molecule has 0 aliphatic heterocycles. The van der Waals surface area contributed by atoms with Crippen LogP contribution in [-0.4, -0.2) is 24.4 Å². The maximum atomic E-state index is 13.1. The lowest BCUT2D eigenvalue weighted by molar-refractivity contribution is -0.129. The first-order valence-corrected chi connectivity index (χ1v) is 10.9. The Kier molecular flexibility index (Phi) is 8.41. The second-order valence-electron chi connectivity index (χ2n) is 7.65. The maximum absolute atomic E-state index is 13.1. The monoisotopic (exact) mass is 414 g/mol. The molecule has 0 spiro atoms. The van der Waals surface area contributed by atoms with Gasteiger partial charge in [0.15, 0.2) is 0 Å². The summed E-state index contributed by atoms with van der Waals surface area (Å²) in [6, 6.07) is 28.9. The molecule has 0 saturated carbocycles. The van der Waals surface area contributed by atoms with Crippen molar-refractivity contribution in [2.24, 2.45) is 0 Å². The molecule has 3 rings (SSSR count). The van der Waals surface area contributed by atoms with Crippen LogP contribution in [0.4, 0.5) is 0 Å². The van der Waals surface area contributed by atoms with Crippen molar-refractivity contribution in [3.8, 4) is 0 Å². The van der Waals surface area contributed by atoms with E-state index in [1.54, 1.807) is 0 Å². The fourth-order valence-corrected chi connectivity index (χ4v) is 3.69. The molecule has 2 atom stereocenters. The first kappa shape index (κ1) is 22.3. The lowest BCUT2D eigenvalue weighted by atomic mass is 9.94. The van der Waals surface area contributed by atoms with Crippen LogP contribution in [-0.2, 0) is 22.4 Å². The molecule has 2 N–H and O–H groups in total. The molecule has 0 bridgehead atoms. The molecule has 0 fully saturated rings. The average Bonchev–Trinajstić information content (AvgIpc) is 2.81. The summed E-state index contributed by atoms with van der Waals surface area (Å²) in [5.41, 5.74) is 3.14. The summed E-state index contributed by atoms with van der Waals surface area (Å²) in [6.45, 7) is 2.52. The first-order chi connectivity index (χ1) is 15.2. The number of nitrogens with one attached hydrogen (secondary N) is 2. The Labute approximate surface area is 184 Å². The summed E-state index contributed by atoms with van der Waals surface area (Å²) in [7, 11) is 0. The average molecular weight is 415 g/mol. The minimum absolute atomic E-state index is 0.118. The molecule has 0 aliphatic carbocycles. The Hall–Kier alpha value is -3.40. The van der Waals surface area contributed by atoms with Gasteiger partial charge in [0, 0.05) is 13.0 Å². The molecule has 2 unspecified atom stereocenters. The number of carbonyl (C=O) groups is 2. The van der Waals surface area contributed by atoms with Crippen LogP contribution in [0.1, 0.15) is 36.0 Å². The number of carbonyl (C=O) groups excluding carboxylic acids is 2. The van der Waals surface area contributed by atoms with Gasteiger partial charge in [-0.1, -0.05) is 97.9 Å². The fourth-order valence-electron chi connectivity index (χ4n) is 3.69. The Morgan fingerprint density at radius 2 is 1.29 bits per heavy atom. The van der Waals surface area contributed by atoms with Gasteiger partial charge in [-0.15, -0.1) is 0 Å². The second-order valence-corrected chi connectivity index (χ2v) is 7.65. The van der Waals surface area contributed by atoms with E-state index in [9.17, 15) is 9.59 Å². The largest absolute Gasteiger partial charge is 0.354 e. The Balaban J connectivity index is 1.67. The van der Waals surface area contributed by atoms with E-state index in [2.05, 4.69) is 10.6 Å². The minimum Gasteiger partial charge on any atom is -0.354 e. The normalized spacial score (nSPS) is 12.5. The molecule has 0 aromatic heterocycles. The maximum Gasteiger partial charge on any atom is 0.242 e. The number of benzene rings is 3. The highest BCUT2D eigenvalue weighted by Gasteiger charge is 2.25. The number of hydrogen-bond donors (Lipinski definition) is 2. The van der Waals surface area contributed by atoms with E-state index < -0.39 is 6.04 Å². The molecule has 0 heterocycles. The Bertz CT molecular complexity index is 943. The van der Waals surface area contributed by atoms with Gasteiger partial charge in [-0.2, -0.15) is 0 Å². The van der Waals surface area contributed by atoms with Crippen molar-refractivity contribution < 1.29 is 9.59 Å². The van der Waals surface area contributed by atoms with Crippen LogP contribution in [0.3, 0.4) is 0 Å². The van der Waals surface area contributed by atoms with E-state index in [1.165, 1.54) is 5.56 Å². The van der Waals surface area contributed by atoms with Crippen LogP contribution in [0, 0.1) is 0 Å². The van der Waals surface area contributed by atoms with Gasteiger partial charge < -0.3 is 10.6 Å². The van der Waals surface area contributed by atoms with Crippen molar-refractivity contribution in [2.75, 3.05) is 6.54 Å². The standard InChI is InChI=1S/C27H30N2O2/c1-2-24(23-16-10-5-11-17-23)26(30)29-25(20-22-14-8-4-9-15-22)27(31)28-19-18-21-12-6-3-7-13-21/h3-17,24-25H,2,18-20H2,1H3,(H,28,31)(H,29,30). The van der Waals surface area contributed by atoms with Gasteiger partial charge in [0.05, 0.1) is 5.92 Å². The third-order valence-corrected chi connectivity index (χ3v) is 5.40. The van der Waals surface area contributed by atoms with Gasteiger partial charge in [0.2, 0.25) is 11.8 Å². The lowest BCUT2D eigenvalue weighted by Crippen LogP contribution is -2.49. The molecule has 31 heavy (non-hydrogen) atoms. The van der Waals surface area contributed by atoms with Gasteiger partial charge in [-0.05, 0) is 29.5 Å². The van der Waals surface area contributed by atoms with E-state index >= 15 is 0 Å². The molecule has 4 nitrogen and oxygen atoms in total. The van der Waals surface area contributed by atoms with Gasteiger partial charge in [0.25, 0.3) is 0 Å². The number of amides is 2. The minimum atomic E-state index is -0.622. The zero-order chi connectivity index (χ0) is 21.9. The SMILES string of the molecule is CCC(C(=O)NC(Cc1ccccc1)C(=O)NCCc1ccccc1)c1ccccc1. The highest BCUT2D eigenvalue weighted by molar-refractivity contribution is 5.90. The van der Waals surface area contributed by atoms with E-state index in [-0.39, 0.29) is 17.7 Å². The van der Waals surface area contributed by atoms with E-state index in [4.69, 9.17) is 0 Å². The van der Waals surface area contributed by atoms with E-state index in [0.717, 1.165) is 17.5 Å². The van der Waals surface area contributed by atoms with E-state index in [1.807, 2.05) is 97.9 Å². The van der Waals surface area contributed by atoms with Crippen LogP contribution in [0.5, 0.6) is 0 Å². The molecular formula is C27H30N2O2. The third-order valence-electron chi connectivity index (χ3n) is 5.40. The third kappa shape index (κ3) is 6.82. The smallest absolute Gasteiger partial charge is 0.242 e. The van der Waals surface area contributed by atoms with Crippen LogP contribution in [0.25, 0.3) is 0 Å². The highest BCUT2D eigenvalue weighted by atomic mass is 16.2. The van der Waals surface area contributed by atoms with Crippen LogP contribution >= 0.6 is 0 Å². The summed E-state index contributed by atoms with van der Waals surface area (Å²) >= 11 is 0. The number of hydrogen-bond acceptors (Lipinski definition) is 2. The first-order valence-electron chi connectivity index (χ1n) is 10.9. The summed E-state index contributed by atoms with van der Waals surface area (Å²) in [5.74, 6) is -0.555. The van der Waals surface area contributed by atoms with Crippen molar-refractivity contribution in [3.05, 3.63) is 108 Å². The van der Waals surface area contributed by atoms with Crippen molar-refractivity contribution in [1.82, 2.24) is 10.6 Å². The van der Waals surface area contributed by atoms with Crippen molar-refractivity contribution in [3.63, 3.8) is 0 Å². The lowest BCUT2D eigenvalue weighted by Gasteiger charge is -2.22. The van der Waals surface area contributed by atoms with Crippen LogP contribution in [0.2, 0.25) is 0 Å². The molecule has 2 amide bonds. The number of rotatable bonds is 10. The summed E-state index contributed by atoms with van der Waals surface area (Å²) in [6.07, 6.45) is 1.87. The molecule has 160 valence electrons. The molecule has 3 aromatic carbocycles. The van der Waals surface area contributed by atoms with Crippen LogP contribution < -0.4 is 10.6 Å². The summed E-state index contributed by atoms with van der Waals surface area (Å²) in [5, 5.41) is 6.01. The fraction of sp³-hybridized carbons (Fsp3) is 0.259. The highest BCUT2D eigenvalue weighted by Crippen LogP contribution is 2.19. The zero-order valence-electron chi connectivity index (χ0n) is 18.0. The molecule has 4 heteroatoms. The Morgan fingerprint density at radius 3 is 1.87 bits per heavy atom. The van der Waals surface area contributed by atoms with Crippen molar-refractivity contribution in [2.45, 2.75) is 38.1 Å². The molecule has 0 saturated heterocycles. The van der Waals surface area contributed by atoms with Gasteiger partial charge in [0.1, 0.15) is 6.04 Å². The summed E-state index contributed by atoms with van der Waals surface area (Å²) < 4.78 is 0. The van der Waals surface area contributed by atoms with Crippen molar-refractivity contribution >= 4 is 11.8 Å².